The number of aromatic nitrogens is 1. The maximum Gasteiger partial charge on any atom is 0.257 e. The zero-order chi connectivity index (χ0) is 18.6. The molecule has 0 unspecified atom stereocenters. The van der Waals surface area contributed by atoms with Gasteiger partial charge in [-0.15, -0.1) is 0 Å². The minimum Gasteiger partial charge on any atom is -0.357 e. The van der Waals surface area contributed by atoms with E-state index in [1.165, 1.54) is 25.7 Å². The Morgan fingerprint density at radius 2 is 1.93 bits per heavy atom. The highest BCUT2D eigenvalue weighted by molar-refractivity contribution is 6.04. The summed E-state index contributed by atoms with van der Waals surface area (Å²) < 4.78 is 14.7. The summed E-state index contributed by atoms with van der Waals surface area (Å²) in [6.07, 6.45) is 7.10. The molecule has 6 heteroatoms. The first-order chi connectivity index (χ1) is 13.2. The number of fused-ring (bicyclic) bond motifs is 1. The molecule has 0 spiro atoms. The van der Waals surface area contributed by atoms with Crippen LogP contribution in [0.3, 0.4) is 0 Å². The third-order valence-electron chi connectivity index (χ3n) is 5.40. The molecule has 4 rings (SSSR count). The van der Waals surface area contributed by atoms with Crippen molar-refractivity contribution in [2.75, 3.05) is 29.9 Å². The van der Waals surface area contributed by atoms with Gasteiger partial charge in [-0.2, -0.15) is 0 Å². The second-order valence-electron chi connectivity index (χ2n) is 7.25. The molecular weight excluding hydrogens is 343 g/mol. The number of hydrogen-bond donors (Lipinski definition) is 2. The lowest BCUT2D eigenvalue weighted by molar-refractivity contribution is 0.102. The molecule has 1 aromatic heterocycles. The van der Waals surface area contributed by atoms with Crippen LogP contribution in [-0.2, 0) is 13.0 Å². The van der Waals surface area contributed by atoms with Crippen LogP contribution in [0.5, 0.6) is 0 Å². The second kappa shape index (κ2) is 8.05. The normalized spacial score (nSPS) is 17.1. The maximum atomic E-state index is 14.7. The van der Waals surface area contributed by atoms with E-state index in [1.807, 2.05) is 12.1 Å². The summed E-state index contributed by atoms with van der Waals surface area (Å²) in [5.41, 5.74) is 2.33. The number of carbonyl (C=O) groups is 1. The van der Waals surface area contributed by atoms with Crippen LogP contribution in [0.4, 0.5) is 15.9 Å². The van der Waals surface area contributed by atoms with Crippen molar-refractivity contribution in [3.63, 3.8) is 0 Å². The molecule has 0 aliphatic carbocycles. The van der Waals surface area contributed by atoms with Crippen molar-refractivity contribution < 1.29 is 9.18 Å². The van der Waals surface area contributed by atoms with Crippen LogP contribution in [0.25, 0.3) is 0 Å². The largest absolute Gasteiger partial charge is 0.357 e. The first-order valence-corrected chi connectivity index (χ1v) is 9.76. The Bertz CT molecular complexity index is 814. The third kappa shape index (κ3) is 3.95. The Morgan fingerprint density at radius 3 is 2.67 bits per heavy atom. The van der Waals surface area contributed by atoms with Crippen LogP contribution < -0.4 is 15.5 Å². The molecule has 142 valence electrons. The summed E-state index contributed by atoms with van der Waals surface area (Å²) in [4.78, 5) is 19.3. The summed E-state index contributed by atoms with van der Waals surface area (Å²) in [7, 11) is 0. The number of amides is 1. The molecule has 1 amide bonds. The van der Waals surface area contributed by atoms with Crippen molar-refractivity contribution in [3.05, 3.63) is 53.0 Å². The molecule has 2 aliphatic rings. The van der Waals surface area contributed by atoms with Gasteiger partial charge in [-0.3, -0.25) is 4.79 Å². The zero-order valence-electron chi connectivity index (χ0n) is 15.4. The SMILES string of the molecule is O=C(Nc1ccc2c(c1F)CCNC2)c1ccc(N2CCCCCC2)nc1. The molecule has 3 heterocycles. The van der Waals surface area contributed by atoms with Crippen molar-refractivity contribution in [2.24, 2.45) is 0 Å². The number of nitrogens with zero attached hydrogens (tertiary/aromatic N) is 2. The lowest BCUT2D eigenvalue weighted by Gasteiger charge is -2.21. The fourth-order valence-electron chi connectivity index (χ4n) is 3.83. The van der Waals surface area contributed by atoms with Crippen LogP contribution in [0.15, 0.2) is 30.5 Å². The molecule has 0 radical (unpaired) electrons. The van der Waals surface area contributed by atoms with E-state index in [4.69, 9.17) is 0 Å². The number of carbonyl (C=O) groups excluding carboxylic acids is 1. The van der Waals surface area contributed by atoms with Gasteiger partial charge in [0.05, 0.1) is 11.3 Å². The molecule has 2 aliphatic heterocycles. The van der Waals surface area contributed by atoms with Crippen molar-refractivity contribution >= 4 is 17.4 Å². The average molecular weight is 368 g/mol. The summed E-state index contributed by atoms with van der Waals surface area (Å²) in [6, 6.07) is 7.16. The minimum atomic E-state index is -0.335. The van der Waals surface area contributed by atoms with Crippen LogP contribution >= 0.6 is 0 Å². The fourth-order valence-corrected chi connectivity index (χ4v) is 3.83. The van der Waals surface area contributed by atoms with Gasteiger partial charge in [0.2, 0.25) is 0 Å². The Morgan fingerprint density at radius 1 is 1.11 bits per heavy atom. The molecule has 1 fully saturated rings. The topological polar surface area (TPSA) is 57.3 Å². The van der Waals surface area contributed by atoms with Gasteiger partial charge in [0, 0.05) is 25.8 Å². The minimum absolute atomic E-state index is 0.234. The van der Waals surface area contributed by atoms with Gasteiger partial charge in [-0.25, -0.2) is 9.37 Å². The van der Waals surface area contributed by atoms with E-state index in [2.05, 4.69) is 20.5 Å². The van der Waals surface area contributed by atoms with Crippen molar-refractivity contribution in [2.45, 2.75) is 38.6 Å². The van der Waals surface area contributed by atoms with E-state index >= 15 is 0 Å². The van der Waals surface area contributed by atoms with Gasteiger partial charge in [-0.1, -0.05) is 18.9 Å². The van der Waals surface area contributed by atoms with Crippen LogP contribution in [0.1, 0.15) is 47.2 Å². The number of halogens is 1. The predicted octanol–water partition coefficient (Wildman–Crippen LogP) is 3.50. The molecular formula is C21H25FN4O. The predicted molar refractivity (Wildman–Crippen MR) is 105 cm³/mol. The number of nitrogens with one attached hydrogen (secondary N) is 2. The molecule has 0 saturated carbocycles. The van der Waals surface area contributed by atoms with Gasteiger partial charge < -0.3 is 15.5 Å². The molecule has 1 aromatic carbocycles. The van der Waals surface area contributed by atoms with Crippen molar-refractivity contribution in [3.8, 4) is 0 Å². The van der Waals surface area contributed by atoms with E-state index in [-0.39, 0.29) is 17.4 Å². The van der Waals surface area contributed by atoms with E-state index in [0.717, 1.165) is 31.0 Å². The monoisotopic (exact) mass is 368 g/mol. The van der Waals surface area contributed by atoms with Gasteiger partial charge in [0.25, 0.3) is 5.91 Å². The lowest BCUT2D eigenvalue weighted by Crippen LogP contribution is -2.25. The Hall–Kier alpha value is -2.47. The Kier molecular flexibility index (Phi) is 5.34. The quantitative estimate of drug-likeness (QED) is 0.871. The van der Waals surface area contributed by atoms with E-state index in [9.17, 15) is 9.18 Å². The van der Waals surface area contributed by atoms with Gasteiger partial charge in [0.1, 0.15) is 11.6 Å². The van der Waals surface area contributed by atoms with Gasteiger partial charge in [-0.05, 0) is 55.1 Å². The van der Waals surface area contributed by atoms with Gasteiger partial charge >= 0.3 is 0 Å². The smallest absolute Gasteiger partial charge is 0.257 e. The Labute approximate surface area is 159 Å². The highest BCUT2D eigenvalue weighted by Crippen LogP contribution is 2.25. The first kappa shape index (κ1) is 17.9. The summed E-state index contributed by atoms with van der Waals surface area (Å²) in [5.74, 6) is 0.245. The fraction of sp³-hybridized carbons (Fsp3) is 0.429. The Balaban J connectivity index is 1.47. The number of benzene rings is 1. The van der Waals surface area contributed by atoms with Crippen molar-refractivity contribution in [1.82, 2.24) is 10.3 Å². The standard InChI is InChI=1S/C21H25FN4O/c22-20-17-9-10-23-13-15(17)5-7-18(20)25-21(27)16-6-8-19(24-14-16)26-11-3-1-2-4-12-26/h5-8,14,23H,1-4,9-13H2,(H,25,27). The molecule has 27 heavy (non-hydrogen) atoms. The number of hydrogen-bond acceptors (Lipinski definition) is 4. The molecule has 1 saturated heterocycles. The van der Waals surface area contributed by atoms with Gasteiger partial charge in [0.15, 0.2) is 0 Å². The average Bonchev–Trinajstić information content (AvgIpc) is 3.00. The lowest BCUT2D eigenvalue weighted by atomic mass is 9.99. The van der Waals surface area contributed by atoms with Crippen molar-refractivity contribution in [1.29, 1.82) is 0 Å². The second-order valence-corrected chi connectivity index (χ2v) is 7.25. The van der Waals surface area contributed by atoms with E-state index < -0.39 is 0 Å². The summed E-state index contributed by atoms with van der Waals surface area (Å²) >= 11 is 0. The summed E-state index contributed by atoms with van der Waals surface area (Å²) in [5, 5.41) is 5.92. The molecule has 0 bridgehead atoms. The molecule has 5 nitrogen and oxygen atoms in total. The third-order valence-corrected chi connectivity index (χ3v) is 5.40. The highest BCUT2D eigenvalue weighted by atomic mass is 19.1. The first-order valence-electron chi connectivity index (χ1n) is 9.76. The van der Waals surface area contributed by atoms with E-state index in [0.29, 0.717) is 24.1 Å². The van der Waals surface area contributed by atoms with E-state index in [1.54, 1.807) is 18.3 Å². The molecule has 0 atom stereocenters. The van der Waals surface area contributed by atoms with Crippen LogP contribution in [0, 0.1) is 5.82 Å². The maximum absolute atomic E-state index is 14.7. The molecule has 2 aromatic rings. The number of pyridine rings is 1. The number of rotatable bonds is 3. The molecule has 2 N–H and O–H groups in total. The highest BCUT2D eigenvalue weighted by Gasteiger charge is 2.18. The summed E-state index contributed by atoms with van der Waals surface area (Å²) in [6.45, 7) is 3.44. The zero-order valence-corrected chi connectivity index (χ0v) is 15.4. The number of anilines is 2. The van der Waals surface area contributed by atoms with Crippen LogP contribution in [-0.4, -0.2) is 30.5 Å². The van der Waals surface area contributed by atoms with Crippen LogP contribution in [0.2, 0.25) is 0 Å².